The fraction of sp³-hybridized carbons (Fsp3) is 0.0909. The number of nitrogens with zero attached hydrogens (tertiary/aromatic N) is 1. The first-order valence-corrected chi connectivity index (χ1v) is 15.2. The first kappa shape index (κ1) is 30.6. The average Bonchev–Trinajstić information content (AvgIpc) is 3.67. The van der Waals surface area contributed by atoms with Gasteiger partial charge in [0, 0.05) is 38.3 Å². The molecule has 3 N–H and O–H groups in total. The Morgan fingerprint density at radius 1 is 0.909 bits per heavy atom. The summed E-state index contributed by atoms with van der Waals surface area (Å²) in [4.78, 5) is 39.7. The molecule has 0 bridgehead atoms. The van der Waals surface area contributed by atoms with E-state index in [1.165, 1.54) is 17.8 Å². The quantitative estimate of drug-likeness (QED) is 0.104. The number of hydrogen-bond donors (Lipinski definition) is 3. The molecule has 3 amide bonds. The molecule has 0 spiro atoms. The van der Waals surface area contributed by atoms with Gasteiger partial charge in [0.15, 0.2) is 5.82 Å². The lowest BCUT2D eigenvalue weighted by atomic mass is 10.2. The van der Waals surface area contributed by atoms with E-state index in [4.69, 9.17) is 8.94 Å². The summed E-state index contributed by atoms with van der Waals surface area (Å²) in [6.45, 7) is 3.53. The number of hydrogen-bond acceptors (Lipinski definition) is 7. The summed E-state index contributed by atoms with van der Waals surface area (Å²) >= 11 is 4.78. The normalized spacial score (nSPS) is 11.9. The Morgan fingerprint density at radius 3 is 2.32 bits per heavy atom. The van der Waals surface area contributed by atoms with Gasteiger partial charge in [0.25, 0.3) is 11.8 Å². The van der Waals surface area contributed by atoms with Crippen molar-refractivity contribution in [1.29, 1.82) is 0 Å². The van der Waals surface area contributed by atoms with Crippen LogP contribution in [0.3, 0.4) is 0 Å². The van der Waals surface area contributed by atoms with E-state index in [0.717, 1.165) is 14.9 Å². The largest absolute Gasteiger partial charge is 0.457 e. The molecule has 5 rings (SSSR count). The summed E-state index contributed by atoms with van der Waals surface area (Å²) in [5.41, 5.74) is 1.77. The zero-order chi connectivity index (χ0) is 31.1. The monoisotopic (exact) mass is 670 g/mol. The van der Waals surface area contributed by atoms with Crippen LogP contribution in [0.25, 0.3) is 17.4 Å². The smallest absolute Gasteiger partial charge is 0.272 e. The van der Waals surface area contributed by atoms with Gasteiger partial charge in [-0.05, 0) is 74.5 Å². The number of carbonyl (C=O) groups excluding carboxylic acids is 3. The molecule has 0 aliphatic heterocycles. The maximum Gasteiger partial charge on any atom is 0.272 e. The molecule has 1 atom stereocenters. The van der Waals surface area contributed by atoms with Crippen molar-refractivity contribution in [3.05, 3.63) is 124 Å². The van der Waals surface area contributed by atoms with E-state index in [1.54, 1.807) is 86.6 Å². The van der Waals surface area contributed by atoms with E-state index in [0.29, 0.717) is 34.3 Å². The van der Waals surface area contributed by atoms with Crippen LogP contribution in [0.1, 0.15) is 28.8 Å². The van der Waals surface area contributed by atoms with Crippen molar-refractivity contribution in [2.45, 2.75) is 24.0 Å². The summed E-state index contributed by atoms with van der Waals surface area (Å²) < 4.78 is 11.9. The predicted octanol–water partition coefficient (Wildman–Crippen LogP) is 7.53. The molecule has 3 aromatic carbocycles. The lowest BCUT2D eigenvalue weighted by Gasteiger charge is -2.12. The molecule has 5 aromatic rings. The van der Waals surface area contributed by atoms with E-state index >= 15 is 0 Å². The second-order valence-electron chi connectivity index (χ2n) is 9.64. The van der Waals surface area contributed by atoms with E-state index in [1.807, 2.05) is 24.3 Å². The Labute approximate surface area is 266 Å². The van der Waals surface area contributed by atoms with Crippen molar-refractivity contribution in [3.63, 3.8) is 0 Å². The van der Waals surface area contributed by atoms with Gasteiger partial charge in [-0.2, -0.15) is 0 Å². The standard InChI is InChI=1S/C33H27BrN4O5S/c1-20-18-30(38-43-20)37-31(39)21(2)44-27-15-12-25(13-16-27)35-33(41)28(36-32(40)23-6-4-3-5-7-23)19-26-14-17-29(42-26)22-8-10-24(34)11-9-22/h3-19,21H,1-2H3,(H,35,41)(H,36,40)(H,37,38,39)/b28-19-/t21-/m1/s1. The fourth-order valence-corrected chi connectivity index (χ4v) is 5.14. The maximum absolute atomic E-state index is 13.4. The Morgan fingerprint density at radius 2 is 1.64 bits per heavy atom. The molecule has 2 aromatic heterocycles. The number of halogens is 1. The minimum absolute atomic E-state index is 0.00222. The summed E-state index contributed by atoms with van der Waals surface area (Å²) in [6.07, 6.45) is 1.49. The number of aromatic nitrogens is 1. The second-order valence-corrected chi connectivity index (χ2v) is 12.0. The molecular weight excluding hydrogens is 644 g/mol. The van der Waals surface area contributed by atoms with Gasteiger partial charge in [-0.15, -0.1) is 11.8 Å². The number of thioether (sulfide) groups is 1. The van der Waals surface area contributed by atoms with Crippen LogP contribution in [0.15, 0.2) is 121 Å². The first-order chi connectivity index (χ1) is 21.2. The van der Waals surface area contributed by atoms with Crippen LogP contribution >= 0.6 is 27.7 Å². The van der Waals surface area contributed by atoms with Gasteiger partial charge in [0.2, 0.25) is 5.91 Å². The van der Waals surface area contributed by atoms with Crippen LogP contribution in [0.5, 0.6) is 0 Å². The van der Waals surface area contributed by atoms with Gasteiger partial charge in [0.1, 0.15) is 23.0 Å². The molecule has 11 heteroatoms. The van der Waals surface area contributed by atoms with Crippen LogP contribution in [-0.4, -0.2) is 28.1 Å². The maximum atomic E-state index is 13.4. The SMILES string of the molecule is Cc1cc(NC(=O)[C@@H](C)Sc2ccc(NC(=O)/C(=C/c3ccc(-c4ccc(Br)cc4)o3)NC(=O)c3ccccc3)cc2)no1. The molecule has 0 saturated carbocycles. The number of benzene rings is 3. The van der Waals surface area contributed by atoms with E-state index in [9.17, 15) is 14.4 Å². The van der Waals surface area contributed by atoms with Crippen molar-refractivity contribution in [3.8, 4) is 11.3 Å². The minimum Gasteiger partial charge on any atom is -0.457 e. The molecule has 222 valence electrons. The molecule has 0 unspecified atom stereocenters. The van der Waals surface area contributed by atoms with Crippen molar-refractivity contribution < 1.29 is 23.3 Å². The van der Waals surface area contributed by atoms with Gasteiger partial charge < -0.3 is 24.9 Å². The van der Waals surface area contributed by atoms with E-state index in [-0.39, 0.29) is 11.6 Å². The van der Waals surface area contributed by atoms with Crippen molar-refractivity contribution in [2.24, 2.45) is 0 Å². The zero-order valence-electron chi connectivity index (χ0n) is 23.7. The van der Waals surface area contributed by atoms with Crippen LogP contribution < -0.4 is 16.0 Å². The van der Waals surface area contributed by atoms with Gasteiger partial charge >= 0.3 is 0 Å². The summed E-state index contributed by atoms with van der Waals surface area (Å²) in [5.74, 6) is 0.779. The van der Waals surface area contributed by atoms with Gasteiger partial charge in [-0.1, -0.05) is 51.4 Å². The molecule has 0 aliphatic rings. The van der Waals surface area contributed by atoms with Crippen LogP contribution in [-0.2, 0) is 9.59 Å². The molecule has 44 heavy (non-hydrogen) atoms. The van der Waals surface area contributed by atoms with Crippen molar-refractivity contribution in [2.75, 3.05) is 10.6 Å². The number of furan rings is 1. The lowest BCUT2D eigenvalue weighted by molar-refractivity contribution is -0.115. The first-order valence-electron chi connectivity index (χ1n) is 13.5. The topological polar surface area (TPSA) is 126 Å². The van der Waals surface area contributed by atoms with Gasteiger partial charge in [-0.25, -0.2) is 0 Å². The Bertz CT molecular complexity index is 1800. The van der Waals surface area contributed by atoms with Crippen LogP contribution in [0.4, 0.5) is 11.5 Å². The Balaban J connectivity index is 1.29. The highest BCUT2D eigenvalue weighted by atomic mass is 79.9. The number of aryl methyl sites for hydroxylation is 1. The molecular formula is C33H27BrN4O5S. The van der Waals surface area contributed by atoms with Gasteiger partial charge in [-0.3, -0.25) is 14.4 Å². The van der Waals surface area contributed by atoms with Crippen LogP contribution in [0.2, 0.25) is 0 Å². The third kappa shape index (κ3) is 8.15. The lowest BCUT2D eigenvalue weighted by Crippen LogP contribution is -2.30. The molecule has 0 aliphatic carbocycles. The molecule has 2 heterocycles. The highest BCUT2D eigenvalue weighted by Crippen LogP contribution is 2.27. The number of amides is 3. The zero-order valence-corrected chi connectivity index (χ0v) is 26.1. The summed E-state index contributed by atoms with van der Waals surface area (Å²) in [7, 11) is 0. The highest BCUT2D eigenvalue weighted by molar-refractivity contribution is 9.10. The Hall–Kier alpha value is -4.87. The fourth-order valence-electron chi connectivity index (χ4n) is 4.01. The molecule has 0 radical (unpaired) electrons. The van der Waals surface area contributed by atoms with E-state index < -0.39 is 17.1 Å². The molecule has 0 saturated heterocycles. The third-order valence-electron chi connectivity index (χ3n) is 6.24. The minimum atomic E-state index is -0.535. The predicted molar refractivity (Wildman–Crippen MR) is 174 cm³/mol. The van der Waals surface area contributed by atoms with E-state index in [2.05, 4.69) is 37.0 Å². The summed E-state index contributed by atoms with van der Waals surface area (Å²) in [5, 5.41) is 11.6. The van der Waals surface area contributed by atoms with Crippen molar-refractivity contribution in [1.82, 2.24) is 10.5 Å². The van der Waals surface area contributed by atoms with Crippen molar-refractivity contribution >= 4 is 63.0 Å². The van der Waals surface area contributed by atoms with Gasteiger partial charge in [0.05, 0.1) is 5.25 Å². The Kier molecular flexibility index (Phi) is 9.78. The second kappa shape index (κ2) is 14.1. The third-order valence-corrected chi connectivity index (χ3v) is 7.89. The molecule has 0 fully saturated rings. The van der Waals surface area contributed by atoms with Crippen LogP contribution in [0, 0.1) is 6.92 Å². The average molecular weight is 672 g/mol. The molecule has 9 nitrogen and oxygen atoms in total. The highest BCUT2D eigenvalue weighted by Gasteiger charge is 2.18. The number of rotatable bonds is 10. The summed E-state index contributed by atoms with van der Waals surface area (Å²) in [6, 6.07) is 28.5. The number of carbonyl (C=O) groups is 3. The number of anilines is 2. The number of nitrogens with one attached hydrogen (secondary N) is 3.